The van der Waals surface area contributed by atoms with Crippen molar-refractivity contribution in [3.05, 3.63) is 68.2 Å². The Morgan fingerprint density at radius 3 is 2.60 bits per heavy atom. The lowest BCUT2D eigenvalue weighted by Crippen LogP contribution is -2.32. The van der Waals surface area contributed by atoms with E-state index in [4.69, 9.17) is 23.2 Å². The van der Waals surface area contributed by atoms with Crippen LogP contribution in [0.3, 0.4) is 0 Å². The summed E-state index contributed by atoms with van der Waals surface area (Å²) in [5.41, 5.74) is 2.44. The van der Waals surface area contributed by atoms with Crippen molar-refractivity contribution >= 4 is 52.6 Å². The molecule has 8 nitrogen and oxygen atoms in total. The topological polar surface area (TPSA) is 114 Å². The number of nitro groups is 1. The second-order valence-corrected chi connectivity index (χ2v) is 5.47. The fourth-order valence-corrected chi connectivity index (χ4v) is 2.04. The first-order valence-electron chi connectivity index (χ1n) is 6.70. The molecule has 0 aliphatic heterocycles. The maximum atomic E-state index is 11.8. The number of anilines is 1. The van der Waals surface area contributed by atoms with Crippen LogP contribution in [-0.2, 0) is 9.59 Å². The summed E-state index contributed by atoms with van der Waals surface area (Å²) in [4.78, 5) is 33.6. The van der Waals surface area contributed by atoms with Crippen LogP contribution in [0, 0.1) is 10.1 Å². The summed E-state index contributed by atoms with van der Waals surface area (Å²) in [6.07, 6.45) is 1.17. The van der Waals surface area contributed by atoms with E-state index in [0.29, 0.717) is 10.6 Å². The molecule has 0 unspecified atom stereocenters. The summed E-state index contributed by atoms with van der Waals surface area (Å²) in [7, 11) is 0. The van der Waals surface area contributed by atoms with Crippen molar-refractivity contribution in [1.82, 2.24) is 5.43 Å². The Bertz CT molecular complexity index is 870. The fourth-order valence-electron chi connectivity index (χ4n) is 1.71. The standard InChI is InChI=1S/C15H10Cl2N4O4/c16-10-4-5-12(17)13(7-10)19-14(22)15(23)20-18-8-9-2-1-3-11(6-9)21(24)25/h1-8H,(H,19,22)(H,20,23). The third-order valence-corrected chi connectivity index (χ3v) is 3.41. The van der Waals surface area contributed by atoms with Gasteiger partial charge in [0, 0.05) is 22.7 Å². The number of hydrazone groups is 1. The van der Waals surface area contributed by atoms with Crippen molar-refractivity contribution in [2.24, 2.45) is 5.10 Å². The first kappa shape index (κ1) is 18.4. The highest BCUT2D eigenvalue weighted by molar-refractivity contribution is 6.42. The first-order valence-corrected chi connectivity index (χ1v) is 7.46. The van der Waals surface area contributed by atoms with Gasteiger partial charge in [-0.15, -0.1) is 0 Å². The minimum atomic E-state index is -1.04. The Morgan fingerprint density at radius 2 is 1.88 bits per heavy atom. The van der Waals surface area contributed by atoms with Gasteiger partial charge in [0.25, 0.3) is 5.69 Å². The zero-order valence-electron chi connectivity index (χ0n) is 12.4. The normalized spacial score (nSPS) is 10.5. The number of carbonyl (C=O) groups excluding carboxylic acids is 2. The van der Waals surface area contributed by atoms with Gasteiger partial charge in [0.05, 0.1) is 21.8 Å². The number of halogens is 2. The summed E-state index contributed by atoms with van der Waals surface area (Å²) in [5, 5.41) is 17.1. The highest BCUT2D eigenvalue weighted by atomic mass is 35.5. The van der Waals surface area contributed by atoms with Crippen molar-refractivity contribution in [2.45, 2.75) is 0 Å². The molecule has 2 N–H and O–H groups in total. The Kier molecular flexibility index (Phi) is 6.04. The maximum absolute atomic E-state index is 11.8. The molecule has 2 rings (SSSR count). The van der Waals surface area contributed by atoms with E-state index < -0.39 is 16.7 Å². The van der Waals surface area contributed by atoms with Crippen molar-refractivity contribution < 1.29 is 14.5 Å². The largest absolute Gasteiger partial charge is 0.329 e. The molecule has 0 aromatic heterocycles. The third-order valence-electron chi connectivity index (χ3n) is 2.84. The quantitative estimate of drug-likeness (QED) is 0.367. The van der Waals surface area contributed by atoms with E-state index in [1.54, 1.807) is 6.07 Å². The van der Waals surface area contributed by atoms with Gasteiger partial charge in [-0.25, -0.2) is 5.43 Å². The van der Waals surface area contributed by atoms with Crippen LogP contribution in [0.2, 0.25) is 10.0 Å². The molecule has 2 aromatic rings. The van der Waals surface area contributed by atoms with Gasteiger partial charge in [-0.2, -0.15) is 5.10 Å². The molecular formula is C15H10Cl2N4O4. The predicted molar refractivity (Wildman–Crippen MR) is 93.9 cm³/mol. The molecule has 25 heavy (non-hydrogen) atoms. The molecule has 2 amide bonds. The van der Waals surface area contributed by atoms with Crippen molar-refractivity contribution in [1.29, 1.82) is 0 Å². The van der Waals surface area contributed by atoms with E-state index in [9.17, 15) is 19.7 Å². The van der Waals surface area contributed by atoms with Gasteiger partial charge in [-0.05, 0) is 18.2 Å². The van der Waals surface area contributed by atoms with Gasteiger partial charge in [0.1, 0.15) is 0 Å². The van der Waals surface area contributed by atoms with Crippen molar-refractivity contribution in [3.63, 3.8) is 0 Å². The molecule has 128 valence electrons. The lowest BCUT2D eigenvalue weighted by atomic mass is 10.2. The monoisotopic (exact) mass is 380 g/mol. The number of hydrogen-bond donors (Lipinski definition) is 2. The van der Waals surface area contributed by atoms with Crippen LogP contribution < -0.4 is 10.7 Å². The molecule has 0 saturated heterocycles. The van der Waals surface area contributed by atoms with Crippen LogP contribution in [0.15, 0.2) is 47.6 Å². The number of benzene rings is 2. The summed E-state index contributed by atoms with van der Waals surface area (Å²) < 4.78 is 0. The first-order chi connectivity index (χ1) is 11.9. The van der Waals surface area contributed by atoms with E-state index in [0.717, 1.165) is 0 Å². The predicted octanol–water partition coefficient (Wildman–Crippen LogP) is 2.99. The fraction of sp³-hybridized carbons (Fsp3) is 0. The Morgan fingerprint density at radius 1 is 1.12 bits per heavy atom. The number of rotatable bonds is 4. The molecule has 0 radical (unpaired) electrons. The van der Waals surface area contributed by atoms with E-state index in [2.05, 4.69) is 10.4 Å². The second kappa shape index (κ2) is 8.22. The SMILES string of the molecule is O=C(NN=Cc1cccc([N+](=O)[O-])c1)C(=O)Nc1cc(Cl)ccc1Cl. The zero-order valence-corrected chi connectivity index (χ0v) is 13.9. The number of non-ortho nitro benzene ring substituents is 1. The Hall–Kier alpha value is -2.97. The molecule has 0 spiro atoms. The molecule has 0 fully saturated rings. The summed E-state index contributed by atoms with van der Waals surface area (Å²) in [6.45, 7) is 0. The number of nitrogens with one attached hydrogen (secondary N) is 2. The number of hydrogen-bond acceptors (Lipinski definition) is 5. The van der Waals surface area contributed by atoms with Gasteiger partial charge >= 0.3 is 11.8 Å². The number of nitrogens with zero attached hydrogens (tertiary/aromatic N) is 2. The molecule has 10 heteroatoms. The minimum Gasteiger partial charge on any atom is -0.316 e. The lowest BCUT2D eigenvalue weighted by molar-refractivity contribution is -0.384. The van der Waals surface area contributed by atoms with Gasteiger partial charge in [0.15, 0.2) is 0 Å². The molecule has 0 heterocycles. The molecule has 0 aliphatic carbocycles. The van der Waals surface area contributed by atoms with Crippen LogP contribution in [-0.4, -0.2) is 23.0 Å². The smallest absolute Gasteiger partial charge is 0.316 e. The van der Waals surface area contributed by atoms with E-state index in [-0.39, 0.29) is 16.4 Å². The van der Waals surface area contributed by atoms with Gasteiger partial charge in [0.2, 0.25) is 0 Å². The Balaban J connectivity index is 1.97. The summed E-state index contributed by atoms with van der Waals surface area (Å²) >= 11 is 11.7. The third kappa shape index (κ3) is 5.27. The zero-order chi connectivity index (χ0) is 18.4. The maximum Gasteiger partial charge on any atom is 0.329 e. The molecule has 0 saturated carbocycles. The van der Waals surface area contributed by atoms with Crippen LogP contribution in [0.4, 0.5) is 11.4 Å². The van der Waals surface area contributed by atoms with E-state index in [1.165, 1.54) is 42.6 Å². The average Bonchev–Trinajstić information content (AvgIpc) is 2.58. The lowest BCUT2D eigenvalue weighted by Gasteiger charge is -2.06. The van der Waals surface area contributed by atoms with Crippen molar-refractivity contribution in [2.75, 3.05) is 5.32 Å². The van der Waals surface area contributed by atoms with Crippen LogP contribution in [0.1, 0.15) is 5.56 Å². The number of nitro benzene ring substituents is 1. The van der Waals surface area contributed by atoms with E-state index >= 15 is 0 Å². The van der Waals surface area contributed by atoms with Crippen LogP contribution >= 0.6 is 23.2 Å². The van der Waals surface area contributed by atoms with Crippen LogP contribution in [0.5, 0.6) is 0 Å². The second-order valence-electron chi connectivity index (χ2n) is 4.63. The molecule has 0 aliphatic rings. The highest BCUT2D eigenvalue weighted by Crippen LogP contribution is 2.25. The minimum absolute atomic E-state index is 0.122. The average molecular weight is 381 g/mol. The van der Waals surface area contributed by atoms with Gasteiger partial charge < -0.3 is 5.32 Å². The van der Waals surface area contributed by atoms with Crippen molar-refractivity contribution in [3.8, 4) is 0 Å². The molecule has 0 bridgehead atoms. The van der Waals surface area contributed by atoms with Gasteiger partial charge in [-0.1, -0.05) is 35.3 Å². The number of carbonyl (C=O) groups is 2. The van der Waals surface area contributed by atoms with E-state index in [1.807, 2.05) is 5.43 Å². The molecule has 2 aromatic carbocycles. The van der Waals surface area contributed by atoms with Gasteiger partial charge in [-0.3, -0.25) is 19.7 Å². The highest BCUT2D eigenvalue weighted by Gasteiger charge is 2.14. The molecule has 0 atom stereocenters. The van der Waals surface area contributed by atoms with Crippen LogP contribution in [0.25, 0.3) is 0 Å². The summed E-state index contributed by atoms with van der Waals surface area (Å²) in [5.74, 6) is -2.04. The Labute approximate surface area is 151 Å². The summed E-state index contributed by atoms with van der Waals surface area (Å²) in [6, 6.07) is 9.99. The molecular weight excluding hydrogens is 371 g/mol. The number of amides is 2.